The fourth-order valence-electron chi connectivity index (χ4n) is 3.26. The first-order valence-corrected chi connectivity index (χ1v) is 9.44. The third kappa shape index (κ3) is 2.63. The van der Waals surface area contributed by atoms with Gasteiger partial charge in [0.05, 0.1) is 16.1 Å². The molecule has 1 fully saturated rings. The van der Waals surface area contributed by atoms with Crippen molar-refractivity contribution in [1.82, 2.24) is 0 Å². The van der Waals surface area contributed by atoms with Gasteiger partial charge in [0.2, 0.25) is 6.79 Å². The zero-order valence-electron chi connectivity index (χ0n) is 12.8. The van der Waals surface area contributed by atoms with E-state index in [9.17, 15) is 18.3 Å². The van der Waals surface area contributed by atoms with Crippen molar-refractivity contribution in [3.8, 4) is 11.5 Å². The molecule has 8 heteroatoms. The van der Waals surface area contributed by atoms with E-state index in [0.717, 1.165) is 0 Å². The number of benzene rings is 2. The van der Waals surface area contributed by atoms with Gasteiger partial charge in [0.1, 0.15) is 0 Å². The molecule has 25 heavy (non-hydrogen) atoms. The van der Waals surface area contributed by atoms with E-state index in [0.29, 0.717) is 22.1 Å². The van der Waals surface area contributed by atoms with E-state index in [-0.39, 0.29) is 11.7 Å². The van der Waals surface area contributed by atoms with Crippen LogP contribution in [0.3, 0.4) is 0 Å². The summed E-state index contributed by atoms with van der Waals surface area (Å²) in [5, 5.41) is 8.85. The lowest BCUT2D eigenvalue weighted by Crippen LogP contribution is -2.13. The number of hydrogen-bond donors (Lipinski definition) is 1. The van der Waals surface area contributed by atoms with Crippen molar-refractivity contribution in [2.24, 2.45) is 5.92 Å². The smallest absolute Gasteiger partial charge is 0.308 e. The van der Waals surface area contributed by atoms with Gasteiger partial charge in [0.15, 0.2) is 21.3 Å². The van der Waals surface area contributed by atoms with Crippen LogP contribution < -0.4 is 9.47 Å². The van der Waals surface area contributed by atoms with Gasteiger partial charge in [-0.2, -0.15) is 0 Å². The zero-order chi connectivity index (χ0) is 17.8. The SMILES string of the molecule is O=C(O)[C@H]1[C@@H](c2ccc3c(c2)OCO3)[C@@H]1S(=O)(=O)c1ccc(Cl)cc1. The lowest BCUT2D eigenvalue weighted by Gasteiger charge is -2.05. The van der Waals surface area contributed by atoms with Crippen LogP contribution in [-0.4, -0.2) is 31.5 Å². The summed E-state index contributed by atoms with van der Waals surface area (Å²) in [4.78, 5) is 11.6. The maximum absolute atomic E-state index is 12.9. The molecule has 4 rings (SSSR count). The molecule has 0 aromatic heterocycles. The molecule has 2 aromatic carbocycles. The Hall–Kier alpha value is -2.25. The maximum atomic E-state index is 12.9. The lowest BCUT2D eigenvalue weighted by atomic mass is 10.1. The lowest BCUT2D eigenvalue weighted by molar-refractivity contribution is -0.138. The van der Waals surface area contributed by atoms with Crippen molar-refractivity contribution in [2.75, 3.05) is 6.79 Å². The van der Waals surface area contributed by atoms with Crippen LogP contribution in [0.2, 0.25) is 5.02 Å². The second kappa shape index (κ2) is 5.64. The van der Waals surface area contributed by atoms with Crippen LogP contribution in [0.4, 0.5) is 0 Å². The van der Waals surface area contributed by atoms with Crippen LogP contribution in [-0.2, 0) is 14.6 Å². The van der Waals surface area contributed by atoms with Crippen molar-refractivity contribution < 1.29 is 27.8 Å². The first-order chi connectivity index (χ1) is 11.9. The number of carboxylic acid groups (broad SMARTS) is 1. The third-order valence-electron chi connectivity index (χ3n) is 4.52. The average molecular weight is 381 g/mol. The van der Waals surface area contributed by atoms with Gasteiger partial charge < -0.3 is 14.6 Å². The highest BCUT2D eigenvalue weighted by atomic mass is 35.5. The van der Waals surface area contributed by atoms with E-state index >= 15 is 0 Å². The fourth-order valence-corrected chi connectivity index (χ4v) is 5.51. The van der Waals surface area contributed by atoms with Crippen LogP contribution >= 0.6 is 11.6 Å². The molecule has 1 saturated carbocycles. The van der Waals surface area contributed by atoms with Gasteiger partial charge in [-0.05, 0) is 42.0 Å². The van der Waals surface area contributed by atoms with Crippen molar-refractivity contribution in [3.63, 3.8) is 0 Å². The number of carbonyl (C=O) groups is 1. The highest BCUT2D eigenvalue weighted by Crippen LogP contribution is 2.55. The second-order valence-corrected chi connectivity index (χ2v) is 8.51. The quantitative estimate of drug-likeness (QED) is 0.877. The summed E-state index contributed by atoms with van der Waals surface area (Å²) in [6.45, 7) is 0.0955. The molecule has 1 heterocycles. The predicted octanol–water partition coefficient (Wildman–Crippen LogP) is 2.71. The summed E-state index contributed by atoms with van der Waals surface area (Å²) >= 11 is 5.80. The van der Waals surface area contributed by atoms with Gasteiger partial charge in [0.25, 0.3) is 0 Å². The van der Waals surface area contributed by atoms with Crippen LogP contribution in [0.15, 0.2) is 47.4 Å². The molecular formula is C17H13ClO6S. The highest BCUT2D eigenvalue weighted by molar-refractivity contribution is 7.92. The van der Waals surface area contributed by atoms with Gasteiger partial charge in [-0.1, -0.05) is 17.7 Å². The van der Waals surface area contributed by atoms with Crippen molar-refractivity contribution in [1.29, 1.82) is 0 Å². The van der Waals surface area contributed by atoms with E-state index in [1.807, 2.05) is 0 Å². The summed E-state index contributed by atoms with van der Waals surface area (Å²) < 4.78 is 36.3. The molecular weight excluding hydrogens is 368 g/mol. The summed E-state index contributed by atoms with van der Waals surface area (Å²) in [5.74, 6) is -1.71. The van der Waals surface area contributed by atoms with Crippen molar-refractivity contribution in [2.45, 2.75) is 16.1 Å². The molecule has 0 amide bonds. The highest BCUT2D eigenvalue weighted by Gasteiger charge is 2.63. The van der Waals surface area contributed by atoms with Crippen LogP contribution in [0, 0.1) is 5.92 Å². The van der Waals surface area contributed by atoms with Gasteiger partial charge in [0, 0.05) is 10.9 Å². The molecule has 1 aliphatic heterocycles. The molecule has 0 bridgehead atoms. The third-order valence-corrected chi connectivity index (χ3v) is 7.01. The van der Waals surface area contributed by atoms with Gasteiger partial charge in [-0.3, -0.25) is 4.79 Å². The number of hydrogen-bond acceptors (Lipinski definition) is 5. The Kier molecular flexibility index (Phi) is 3.66. The number of halogens is 1. The van der Waals surface area contributed by atoms with E-state index in [1.54, 1.807) is 18.2 Å². The monoisotopic (exact) mass is 380 g/mol. The number of aliphatic carboxylic acids is 1. The van der Waals surface area contributed by atoms with Gasteiger partial charge in [-0.15, -0.1) is 0 Å². The number of ether oxygens (including phenoxy) is 2. The summed E-state index contributed by atoms with van der Waals surface area (Å²) in [7, 11) is -3.80. The molecule has 0 radical (unpaired) electrons. The van der Waals surface area contributed by atoms with Crippen LogP contribution in [0.25, 0.3) is 0 Å². The Bertz CT molecular complexity index is 954. The summed E-state index contributed by atoms with van der Waals surface area (Å²) in [5.41, 5.74) is 0.610. The summed E-state index contributed by atoms with van der Waals surface area (Å²) in [6, 6.07) is 10.7. The van der Waals surface area contributed by atoms with Gasteiger partial charge >= 0.3 is 5.97 Å². The minimum Gasteiger partial charge on any atom is -0.481 e. The standard InChI is InChI=1S/C17H13ClO6S/c18-10-2-4-11(5-3-10)25(21,22)16-14(15(16)17(19)20)9-1-6-12-13(7-9)24-8-23-12/h1-7,14-16H,8H2,(H,19,20)/t14-,15+,16+/m1/s1. The van der Waals surface area contributed by atoms with Crippen LogP contribution in [0.1, 0.15) is 11.5 Å². The molecule has 3 atom stereocenters. The van der Waals surface area contributed by atoms with Gasteiger partial charge in [-0.25, -0.2) is 8.42 Å². The Balaban J connectivity index is 1.71. The molecule has 6 nitrogen and oxygen atoms in total. The van der Waals surface area contributed by atoms with E-state index in [4.69, 9.17) is 21.1 Å². The van der Waals surface area contributed by atoms with E-state index in [1.165, 1.54) is 24.3 Å². The van der Waals surface area contributed by atoms with E-state index < -0.39 is 32.9 Å². The molecule has 0 saturated heterocycles. The second-order valence-electron chi connectivity index (χ2n) is 5.97. The zero-order valence-corrected chi connectivity index (χ0v) is 14.3. The topological polar surface area (TPSA) is 89.9 Å². The van der Waals surface area contributed by atoms with Crippen molar-refractivity contribution in [3.05, 3.63) is 53.1 Å². The molecule has 0 unspecified atom stereocenters. The molecule has 2 aromatic rings. The first kappa shape index (κ1) is 16.2. The molecule has 2 aliphatic rings. The predicted molar refractivity (Wildman–Crippen MR) is 88.9 cm³/mol. The number of carboxylic acids is 1. The number of fused-ring (bicyclic) bond motifs is 1. The Morgan fingerprint density at radius 2 is 1.76 bits per heavy atom. The average Bonchev–Trinajstić information content (AvgIpc) is 3.18. The Labute approximate surface area is 148 Å². The molecule has 0 spiro atoms. The fraction of sp³-hybridized carbons (Fsp3) is 0.235. The maximum Gasteiger partial charge on any atom is 0.308 e. The van der Waals surface area contributed by atoms with Crippen LogP contribution in [0.5, 0.6) is 11.5 Å². The number of rotatable bonds is 4. The normalized spacial score (nSPS) is 24.1. The first-order valence-electron chi connectivity index (χ1n) is 7.51. The summed E-state index contributed by atoms with van der Waals surface area (Å²) in [6.07, 6.45) is 0. The molecule has 1 aliphatic carbocycles. The van der Waals surface area contributed by atoms with E-state index in [2.05, 4.69) is 0 Å². The minimum absolute atomic E-state index is 0.0661. The minimum atomic E-state index is -3.80. The molecule has 130 valence electrons. The molecule has 1 N–H and O–H groups in total. The largest absolute Gasteiger partial charge is 0.481 e. The number of sulfone groups is 1. The van der Waals surface area contributed by atoms with Crippen molar-refractivity contribution >= 4 is 27.4 Å². The Morgan fingerprint density at radius 3 is 2.44 bits per heavy atom. The Morgan fingerprint density at radius 1 is 1.08 bits per heavy atom.